The van der Waals surface area contributed by atoms with Crippen molar-refractivity contribution < 1.29 is 5.11 Å². The molecular formula is C19H27IO. The second-order valence-electron chi connectivity index (χ2n) is 8.40. The van der Waals surface area contributed by atoms with Gasteiger partial charge in [-0.05, 0) is 94.3 Å². The molecule has 0 aromatic heterocycles. The Bertz CT molecular complexity index is 522. The maximum Gasteiger partial charge on any atom is 0.0577 e. The van der Waals surface area contributed by atoms with Gasteiger partial charge in [0, 0.05) is 5.41 Å². The Balaban J connectivity index is 1.68. The molecule has 0 aromatic carbocycles. The van der Waals surface area contributed by atoms with Crippen LogP contribution in [0, 0.1) is 28.6 Å². The summed E-state index contributed by atoms with van der Waals surface area (Å²) in [6.07, 6.45) is 13.4. The summed E-state index contributed by atoms with van der Waals surface area (Å²) in [4.78, 5) is 0. The molecule has 0 saturated heterocycles. The van der Waals surface area contributed by atoms with Gasteiger partial charge in [0.1, 0.15) is 0 Å². The van der Waals surface area contributed by atoms with Gasteiger partial charge in [0.2, 0.25) is 0 Å². The topological polar surface area (TPSA) is 20.2 Å². The van der Waals surface area contributed by atoms with Crippen LogP contribution in [-0.4, -0.2) is 11.2 Å². The minimum atomic E-state index is -0.0798. The van der Waals surface area contributed by atoms with E-state index in [0.717, 1.165) is 30.6 Å². The second-order valence-corrected chi connectivity index (χ2v) is 9.56. The molecule has 0 heterocycles. The summed E-state index contributed by atoms with van der Waals surface area (Å²) in [5, 5.41) is 10.0. The summed E-state index contributed by atoms with van der Waals surface area (Å²) < 4.78 is 1.63. The van der Waals surface area contributed by atoms with E-state index >= 15 is 0 Å². The molecule has 2 fully saturated rings. The molecule has 0 bridgehead atoms. The van der Waals surface area contributed by atoms with Crippen LogP contribution in [0.1, 0.15) is 58.8 Å². The van der Waals surface area contributed by atoms with Crippen LogP contribution in [0.4, 0.5) is 0 Å². The van der Waals surface area contributed by atoms with Crippen LogP contribution in [0.25, 0.3) is 0 Å². The van der Waals surface area contributed by atoms with Crippen LogP contribution in [0.2, 0.25) is 0 Å². The maximum absolute atomic E-state index is 10.0. The molecule has 0 unspecified atom stereocenters. The Kier molecular flexibility index (Phi) is 3.39. The molecule has 2 saturated carbocycles. The van der Waals surface area contributed by atoms with Crippen molar-refractivity contribution in [3.05, 3.63) is 21.3 Å². The minimum absolute atomic E-state index is 0.0798. The largest absolute Gasteiger partial charge is 0.393 e. The van der Waals surface area contributed by atoms with Gasteiger partial charge in [-0.2, -0.15) is 0 Å². The molecule has 0 spiro atoms. The first-order chi connectivity index (χ1) is 9.95. The third kappa shape index (κ3) is 1.97. The molecule has 4 aliphatic carbocycles. The summed E-state index contributed by atoms with van der Waals surface area (Å²) in [7, 11) is 0. The van der Waals surface area contributed by atoms with E-state index < -0.39 is 0 Å². The highest BCUT2D eigenvalue weighted by Crippen LogP contribution is 2.65. The second kappa shape index (κ2) is 4.83. The zero-order valence-corrected chi connectivity index (χ0v) is 15.4. The Morgan fingerprint density at radius 1 is 1.05 bits per heavy atom. The lowest BCUT2D eigenvalue weighted by Gasteiger charge is -2.57. The van der Waals surface area contributed by atoms with Crippen LogP contribution in [0.15, 0.2) is 21.3 Å². The Morgan fingerprint density at radius 2 is 1.81 bits per heavy atom. The number of aliphatic hydroxyl groups is 1. The molecule has 4 rings (SSSR count). The summed E-state index contributed by atoms with van der Waals surface area (Å²) in [6, 6.07) is 0. The lowest BCUT2D eigenvalue weighted by Crippen LogP contribution is -2.49. The first kappa shape index (κ1) is 14.7. The number of hydrogen-bond acceptors (Lipinski definition) is 1. The van der Waals surface area contributed by atoms with Crippen molar-refractivity contribution >= 4 is 22.6 Å². The van der Waals surface area contributed by atoms with Crippen LogP contribution in [-0.2, 0) is 0 Å². The van der Waals surface area contributed by atoms with Crippen LogP contribution in [0.3, 0.4) is 0 Å². The van der Waals surface area contributed by atoms with Crippen molar-refractivity contribution in [3.8, 4) is 0 Å². The van der Waals surface area contributed by atoms with Crippen molar-refractivity contribution in [2.75, 3.05) is 0 Å². The SMILES string of the molecule is C[C@@]12CC[C@@H]3[C@H](CC=C4C[C@@H](O)CC[C@@]43C)[C@H]1CC=C2I. The van der Waals surface area contributed by atoms with Gasteiger partial charge in [0.25, 0.3) is 0 Å². The Labute approximate surface area is 142 Å². The monoisotopic (exact) mass is 398 g/mol. The van der Waals surface area contributed by atoms with Crippen LogP contribution < -0.4 is 0 Å². The molecular weight excluding hydrogens is 371 g/mol. The summed E-state index contributed by atoms with van der Waals surface area (Å²) in [5.74, 6) is 2.60. The predicted octanol–water partition coefficient (Wildman–Crippen LogP) is 5.24. The van der Waals surface area contributed by atoms with Gasteiger partial charge in [0.15, 0.2) is 0 Å². The summed E-state index contributed by atoms with van der Waals surface area (Å²) in [6.45, 7) is 5.03. The van der Waals surface area contributed by atoms with Crippen LogP contribution >= 0.6 is 22.6 Å². The van der Waals surface area contributed by atoms with Gasteiger partial charge in [0.05, 0.1) is 6.10 Å². The molecule has 2 heteroatoms. The lowest BCUT2D eigenvalue weighted by atomic mass is 9.48. The number of hydrogen-bond donors (Lipinski definition) is 1. The molecule has 116 valence electrons. The van der Waals surface area contributed by atoms with E-state index in [4.69, 9.17) is 0 Å². The van der Waals surface area contributed by atoms with E-state index in [1.165, 1.54) is 32.1 Å². The quantitative estimate of drug-likeness (QED) is 0.437. The average molecular weight is 398 g/mol. The van der Waals surface area contributed by atoms with Crippen LogP contribution in [0.5, 0.6) is 0 Å². The lowest BCUT2D eigenvalue weighted by molar-refractivity contribution is -0.0268. The number of aliphatic hydroxyl groups excluding tert-OH is 1. The van der Waals surface area contributed by atoms with Gasteiger partial charge < -0.3 is 5.11 Å². The predicted molar refractivity (Wildman–Crippen MR) is 95.2 cm³/mol. The Hall–Kier alpha value is 0.170. The highest BCUT2D eigenvalue weighted by Gasteiger charge is 2.56. The molecule has 4 aliphatic rings. The van der Waals surface area contributed by atoms with E-state index in [1.807, 2.05) is 0 Å². The zero-order valence-electron chi connectivity index (χ0n) is 13.2. The van der Waals surface area contributed by atoms with E-state index in [-0.39, 0.29) is 6.10 Å². The maximum atomic E-state index is 10.0. The van der Waals surface area contributed by atoms with Crippen molar-refractivity contribution in [1.82, 2.24) is 0 Å². The minimum Gasteiger partial charge on any atom is -0.393 e. The van der Waals surface area contributed by atoms with E-state index in [2.05, 4.69) is 48.6 Å². The van der Waals surface area contributed by atoms with Gasteiger partial charge in [-0.3, -0.25) is 0 Å². The average Bonchev–Trinajstić information content (AvgIpc) is 2.76. The van der Waals surface area contributed by atoms with Gasteiger partial charge in [-0.25, -0.2) is 0 Å². The molecule has 0 aromatic rings. The molecule has 6 atom stereocenters. The standard InChI is InChI=1S/C19H27IO/c1-18-9-7-13(21)11-12(18)3-4-14-15-5-6-17(20)19(15,2)10-8-16(14)18/h3,6,13-16,21H,4-5,7-11H2,1-2H3/t13-,14+,15+,16+,18-,19+/m0/s1. The van der Waals surface area contributed by atoms with Crippen molar-refractivity contribution in [3.63, 3.8) is 0 Å². The Morgan fingerprint density at radius 3 is 2.62 bits per heavy atom. The molecule has 0 amide bonds. The first-order valence-corrected chi connectivity index (χ1v) is 9.77. The molecule has 0 aliphatic heterocycles. The van der Waals surface area contributed by atoms with Gasteiger partial charge in [-0.1, -0.05) is 31.6 Å². The first-order valence-electron chi connectivity index (χ1n) is 8.69. The number of rotatable bonds is 0. The smallest absolute Gasteiger partial charge is 0.0577 e. The molecule has 1 N–H and O–H groups in total. The van der Waals surface area contributed by atoms with E-state index in [0.29, 0.717) is 10.8 Å². The van der Waals surface area contributed by atoms with Gasteiger partial charge >= 0.3 is 0 Å². The van der Waals surface area contributed by atoms with Gasteiger partial charge in [-0.15, -0.1) is 0 Å². The number of halogens is 1. The third-order valence-corrected chi connectivity index (χ3v) is 9.24. The van der Waals surface area contributed by atoms with Crippen molar-refractivity contribution in [2.45, 2.75) is 64.9 Å². The summed E-state index contributed by atoms with van der Waals surface area (Å²) >= 11 is 2.60. The van der Waals surface area contributed by atoms with Crippen molar-refractivity contribution in [1.29, 1.82) is 0 Å². The number of allylic oxidation sites excluding steroid dienone is 3. The van der Waals surface area contributed by atoms with Crippen molar-refractivity contribution in [2.24, 2.45) is 28.6 Å². The fourth-order valence-corrected chi connectivity index (χ4v) is 7.08. The molecule has 0 radical (unpaired) electrons. The molecule has 1 nitrogen and oxygen atoms in total. The summed E-state index contributed by atoms with van der Waals surface area (Å²) in [5.41, 5.74) is 2.45. The van der Waals surface area contributed by atoms with E-state index in [9.17, 15) is 5.11 Å². The number of fused-ring (bicyclic) bond motifs is 5. The fraction of sp³-hybridized carbons (Fsp3) is 0.789. The third-order valence-electron chi connectivity index (χ3n) is 7.56. The van der Waals surface area contributed by atoms with E-state index in [1.54, 1.807) is 9.15 Å². The highest BCUT2D eigenvalue weighted by molar-refractivity contribution is 14.1. The molecule has 21 heavy (non-hydrogen) atoms. The zero-order chi connectivity index (χ0) is 14.8. The normalized spacial score (nSPS) is 52.4. The fourth-order valence-electron chi connectivity index (χ4n) is 6.16. The highest BCUT2D eigenvalue weighted by atomic mass is 127.